The molecule has 2 unspecified atom stereocenters. The highest BCUT2D eigenvalue weighted by atomic mass is 35.5. The number of carbonyl (C=O) groups excluding carboxylic acids is 2. The molecule has 0 amide bonds. The number of carboxylic acids is 2. The predicted octanol–water partition coefficient (Wildman–Crippen LogP) is 6.33. The van der Waals surface area contributed by atoms with Gasteiger partial charge in [-0.05, 0) is 44.8 Å². The summed E-state index contributed by atoms with van der Waals surface area (Å²) in [6, 6.07) is 18.5. The monoisotopic (exact) mass is 689 g/mol. The zero-order valence-corrected chi connectivity index (χ0v) is 27.2. The van der Waals surface area contributed by atoms with Crippen LogP contribution in [0, 0.1) is 0 Å². The summed E-state index contributed by atoms with van der Waals surface area (Å²) in [5.41, 5.74) is 4.17. The molecule has 4 aromatic rings. The number of fused-ring (bicyclic) bond motifs is 6. The van der Waals surface area contributed by atoms with Crippen molar-refractivity contribution in [2.45, 2.75) is 17.2 Å². The lowest BCUT2D eigenvalue weighted by molar-refractivity contribution is -0.138. The van der Waals surface area contributed by atoms with Crippen molar-refractivity contribution >= 4 is 91.4 Å². The molecule has 0 fully saturated rings. The van der Waals surface area contributed by atoms with E-state index in [2.05, 4.69) is 5.32 Å². The highest BCUT2D eigenvalue weighted by Gasteiger charge is 2.39. The summed E-state index contributed by atoms with van der Waals surface area (Å²) in [7, 11) is 0. The number of alkyl halides is 2. The molecule has 47 heavy (non-hydrogen) atoms. The van der Waals surface area contributed by atoms with Crippen molar-refractivity contribution in [3.05, 3.63) is 94.0 Å². The first-order valence-electron chi connectivity index (χ1n) is 15.1. The lowest BCUT2D eigenvalue weighted by Gasteiger charge is -2.24. The van der Waals surface area contributed by atoms with Crippen molar-refractivity contribution in [2.24, 2.45) is 0 Å². The van der Waals surface area contributed by atoms with E-state index in [0.29, 0.717) is 41.2 Å². The van der Waals surface area contributed by atoms with Crippen LogP contribution >= 0.6 is 35.0 Å². The molecule has 240 valence electrons. The minimum absolute atomic E-state index is 0.0992. The Balaban J connectivity index is 1.29. The maximum Gasteiger partial charge on any atom is 0.323 e. The van der Waals surface area contributed by atoms with Gasteiger partial charge < -0.3 is 25.3 Å². The van der Waals surface area contributed by atoms with Gasteiger partial charge in [-0.3, -0.25) is 19.2 Å². The van der Waals surface area contributed by atoms with Crippen molar-refractivity contribution < 1.29 is 29.4 Å². The number of halogens is 2. The first kappa shape index (κ1) is 31.4. The molecule has 0 bridgehead atoms. The molecule has 7 rings (SSSR count). The molecule has 3 aliphatic rings. The average Bonchev–Trinajstić information content (AvgIpc) is 3.78. The standard InChI is InChI=1S/C35H29Cl2N3O6S/c36-11-18-13-38-26-9-24(20-5-1-3-7-22(20)31(18)26)33(45)28-15-40(17-30(43)44)35(47-28)34(46)25-10-27-32(23-8-4-2-6-21(23)25)19(12-37)14-39(27)16-29(41)42/h1-10,15,18-19,35,38H,11-14,16-17H2,(H,41,42)(H,43,44)/t18?,19-,35?/m1/s1. The normalized spacial score (nSPS) is 19.9. The molecule has 3 heterocycles. The number of hydrogen-bond acceptors (Lipinski definition) is 8. The summed E-state index contributed by atoms with van der Waals surface area (Å²) < 4.78 is 0. The number of allylic oxidation sites excluding steroid dienone is 1. The Morgan fingerprint density at radius 2 is 1.43 bits per heavy atom. The number of nitrogens with one attached hydrogen (secondary N) is 1. The number of ketones is 2. The quantitative estimate of drug-likeness (QED) is 0.128. The van der Waals surface area contributed by atoms with Gasteiger partial charge >= 0.3 is 11.9 Å². The number of carbonyl (C=O) groups is 4. The molecule has 0 saturated heterocycles. The van der Waals surface area contributed by atoms with E-state index in [-0.39, 0.29) is 40.7 Å². The summed E-state index contributed by atoms with van der Waals surface area (Å²) in [6.45, 7) is 0.300. The van der Waals surface area contributed by atoms with E-state index in [9.17, 15) is 29.4 Å². The molecule has 0 radical (unpaired) electrons. The summed E-state index contributed by atoms with van der Waals surface area (Å²) in [6.07, 6.45) is 1.47. The molecule has 12 heteroatoms. The second-order valence-electron chi connectivity index (χ2n) is 11.9. The number of hydrogen-bond donors (Lipinski definition) is 3. The number of rotatable bonds is 10. The fourth-order valence-corrected chi connectivity index (χ4v) is 8.79. The van der Waals surface area contributed by atoms with Crippen LogP contribution in [0.4, 0.5) is 11.4 Å². The molecule has 4 aromatic carbocycles. The van der Waals surface area contributed by atoms with E-state index in [4.69, 9.17) is 23.2 Å². The topological polar surface area (TPSA) is 127 Å². The number of benzene rings is 4. The van der Waals surface area contributed by atoms with Crippen molar-refractivity contribution in [2.75, 3.05) is 48.2 Å². The predicted molar refractivity (Wildman–Crippen MR) is 186 cm³/mol. The Labute approximate surface area is 284 Å². The van der Waals surface area contributed by atoms with Gasteiger partial charge in [-0.2, -0.15) is 0 Å². The number of nitrogens with zero attached hydrogens (tertiary/aromatic N) is 2. The zero-order valence-electron chi connectivity index (χ0n) is 24.9. The van der Waals surface area contributed by atoms with Gasteiger partial charge in [-0.15, -0.1) is 23.2 Å². The molecule has 3 atom stereocenters. The Morgan fingerprint density at radius 1 is 0.809 bits per heavy atom. The van der Waals surface area contributed by atoms with E-state index in [0.717, 1.165) is 44.7 Å². The van der Waals surface area contributed by atoms with Crippen molar-refractivity contribution in [3.63, 3.8) is 0 Å². The summed E-state index contributed by atoms with van der Waals surface area (Å²) in [5.74, 6) is -2.18. The first-order valence-corrected chi connectivity index (χ1v) is 17.0. The number of Topliss-reactive ketones (excluding diaryl/α,β-unsaturated/α-hetero) is 2. The van der Waals surface area contributed by atoms with Gasteiger partial charge in [0.1, 0.15) is 18.5 Å². The fourth-order valence-electron chi connectivity index (χ4n) is 7.11. The first-order chi connectivity index (χ1) is 22.7. The summed E-state index contributed by atoms with van der Waals surface area (Å²) in [4.78, 5) is 55.8. The lowest BCUT2D eigenvalue weighted by Crippen LogP contribution is -2.36. The van der Waals surface area contributed by atoms with Crippen LogP contribution in [0.1, 0.15) is 43.7 Å². The number of aliphatic carboxylic acids is 2. The van der Waals surface area contributed by atoms with Crippen molar-refractivity contribution in [1.29, 1.82) is 0 Å². The van der Waals surface area contributed by atoms with Crippen LogP contribution in [0.5, 0.6) is 0 Å². The number of thioether (sulfide) groups is 1. The fraction of sp³-hybridized carbons (Fsp3) is 0.257. The highest BCUT2D eigenvalue weighted by Crippen LogP contribution is 2.46. The van der Waals surface area contributed by atoms with Crippen LogP contribution in [0.2, 0.25) is 0 Å². The van der Waals surface area contributed by atoms with Gasteiger partial charge in [0.25, 0.3) is 0 Å². The van der Waals surface area contributed by atoms with Crippen LogP contribution in [0.25, 0.3) is 21.5 Å². The van der Waals surface area contributed by atoms with Crippen LogP contribution in [0.3, 0.4) is 0 Å². The Kier molecular flexibility index (Phi) is 8.28. The van der Waals surface area contributed by atoms with Gasteiger partial charge in [-0.1, -0.05) is 60.3 Å². The van der Waals surface area contributed by atoms with E-state index in [1.54, 1.807) is 11.0 Å². The third-order valence-corrected chi connectivity index (χ3v) is 11.1. The molecule has 0 spiro atoms. The Hall–Kier alpha value is -4.25. The SMILES string of the molecule is O=C(O)CN1C[C@@H](CCl)c2c1cc(C(=O)C1SC(C(=O)c3cc4c(c5ccccc35)C(CCl)CN4)=CN1CC(=O)O)c1ccccc21. The average molecular weight is 691 g/mol. The minimum Gasteiger partial charge on any atom is -0.480 e. The van der Waals surface area contributed by atoms with E-state index >= 15 is 0 Å². The molecule has 0 aliphatic carbocycles. The molecule has 0 aromatic heterocycles. The van der Waals surface area contributed by atoms with E-state index in [1.165, 1.54) is 11.1 Å². The van der Waals surface area contributed by atoms with Crippen molar-refractivity contribution in [3.8, 4) is 0 Å². The lowest BCUT2D eigenvalue weighted by atomic mass is 9.91. The van der Waals surface area contributed by atoms with Gasteiger partial charge in [0.2, 0.25) is 5.78 Å². The maximum atomic E-state index is 14.5. The molecular weight excluding hydrogens is 661 g/mol. The zero-order chi connectivity index (χ0) is 33.0. The second-order valence-corrected chi connectivity index (χ2v) is 13.7. The number of anilines is 2. The van der Waals surface area contributed by atoms with E-state index < -0.39 is 23.9 Å². The van der Waals surface area contributed by atoms with Gasteiger partial charge in [-0.25, -0.2) is 0 Å². The smallest absolute Gasteiger partial charge is 0.323 e. The minimum atomic E-state index is -1.15. The number of carboxylic acid groups (broad SMARTS) is 2. The van der Waals surface area contributed by atoms with E-state index in [1.807, 2.05) is 54.6 Å². The van der Waals surface area contributed by atoms with Crippen LogP contribution in [-0.4, -0.2) is 81.9 Å². The maximum absolute atomic E-state index is 14.5. The molecule has 3 aliphatic heterocycles. The third-order valence-electron chi connectivity index (χ3n) is 9.09. The molecule has 0 saturated carbocycles. The Bertz CT molecular complexity index is 2030. The summed E-state index contributed by atoms with van der Waals surface area (Å²) >= 11 is 13.6. The summed E-state index contributed by atoms with van der Waals surface area (Å²) in [5, 5.41) is 24.8. The van der Waals surface area contributed by atoms with Crippen LogP contribution < -0.4 is 10.2 Å². The largest absolute Gasteiger partial charge is 0.480 e. The molecule has 9 nitrogen and oxygen atoms in total. The second kappa shape index (κ2) is 12.4. The third kappa shape index (κ3) is 5.38. The molecule has 3 N–H and O–H groups in total. The molecular formula is C35H29Cl2N3O6S. The van der Waals surface area contributed by atoms with Gasteiger partial charge in [0.05, 0.1) is 4.91 Å². The van der Waals surface area contributed by atoms with Gasteiger partial charge in [0.15, 0.2) is 5.78 Å². The van der Waals surface area contributed by atoms with Crippen LogP contribution in [0.15, 0.2) is 71.8 Å². The Morgan fingerprint density at radius 3 is 2.06 bits per heavy atom. The van der Waals surface area contributed by atoms with Crippen molar-refractivity contribution in [1.82, 2.24) is 4.90 Å². The highest BCUT2D eigenvalue weighted by molar-refractivity contribution is 8.05. The van der Waals surface area contributed by atoms with Crippen LogP contribution in [-0.2, 0) is 9.59 Å². The van der Waals surface area contributed by atoms with Gasteiger partial charge in [0, 0.05) is 65.4 Å².